The summed E-state index contributed by atoms with van der Waals surface area (Å²) in [6, 6.07) is 4.85. The van der Waals surface area contributed by atoms with E-state index >= 15 is 0 Å². The maximum Gasteiger partial charge on any atom is 0.133 e. The maximum absolute atomic E-state index is 6.06. The van der Waals surface area contributed by atoms with Crippen LogP contribution in [0.25, 0.3) is 0 Å². The molecule has 1 aromatic heterocycles. The average molecular weight is 260 g/mol. The monoisotopic (exact) mass is 260 g/mol. The van der Waals surface area contributed by atoms with Crippen molar-refractivity contribution in [2.75, 3.05) is 31.1 Å². The van der Waals surface area contributed by atoms with Crippen LogP contribution >= 0.6 is 0 Å². The molecule has 0 spiro atoms. The van der Waals surface area contributed by atoms with E-state index in [4.69, 9.17) is 5.73 Å². The van der Waals surface area contributed by atoms with Gasteiger partial charge in [0.25, 0.3) is 0 Å². The lowest BCUT2D eigenvalue weighted by molar-refractivity contribution is 0.260. The molecule has 2 aliphatic rings. The number of hydrogen-bond donors (Lipinski definition) is 1. The molecule has 2 saturated heterocycles. The molecule has 2 atom stereocenters. The predicted molar refractivity (Wildman–Crippen MR) is 78.3 cm³/mol. The Morgan fingerprint density at radius 2 is 2.11 bits per heavy atom. The molecule has 104 valence electrons. The second-order valence-electron chi connectivity index (χ2n) is 5.84. The van der Waals surface area contributed by atoms with Crippen LogP contribution in [0.2, 0.25) is 0 Å². The number of anilines is 1. The maximum atomic E-state index is 6.06. The van der Waals surface area contributed by atoms with E-state index in [1.807, 2.05) is 19.2 Å². The summed E-state index contributed by atoms with van der Waals surface area (Å²) in [7, 11) is 0. The highest BCUT2D eigenvalue weighted by Crippen LogP contribution is 2.28. The summed E-state index contributed by atoms with van der Waals surface area (Å²) < 4.78 is 0. The van der Waals surface area contributed by atoms with Gasteiger partial charge < -0.3 is 10.6 Å². The Hall–Kier alpha value is -1.13. The van der Waals surface area contributed by atoms with E-state index in [0.29, 0.717) is 6.04 Å². The standard InChI is InChI=1S/C15H24N4/c1-12(16)14-5-4-7-17-15(14)19-10-6-13(11-19)18-8-2-3-9-18/h4-5,7,12-13H,2-3,6,8-11,16H2,1H3. The molecular formula is C15H24N4. The number of hydrogen-bond acceptors (Lipinski definition) is 4. The van der Waals surface area contributed by atoms with Gasteiger partial charge in [0.05, 0.1) is 0 Å². The van der Waals surface area contributed by atoms with E-state index in [1.165, 1.54) is 37.9 Å². The topological polar surface area (TPSA) is 45.4 Å². The summed E-state index contributed by atoms with van der Waals surface area (Å²) >= 11 is 0. The van der Waals surface area contributed by atoms with E-state index < -0.39 is 0 Å². The zero-order valence-electron chi connectivity index (χ0n) is 11.8. The van der Waals surface area contributed by atoms with Crippen molar-refractivity contribution in [3.05, 3.63) is 23.9 Å². The second kappa shape index (κ2) is 5.47. The van der Waals surface area contributed by atoms with Gasteiger partial charge in [-0.3, -0.25) is 4.90 Å². The molecule has 0 aliphatic carbocycles. The fourth-order valence-electron chi connectivity index (χ4n) is 3.37. The van der Waals surface area contributed by atoms with E-state index in [1.54, 1.807) is 0 Å². The molecule has 0 radical (unpaired) electrons. The number of likely N-dealkylation sites (tertiary alicyclic amines) is 1. The number of rotatable bonds is 3. The van der Waals surface area contributed by atoms with Crippen LogP contribution in [-0.2, 0) is 0 Å². The highest BCUT2D eigenvalue weighted by Gasteiger charge is 2.30. The number of nitrogens with zero attached hydrogens (tertiary/aromatic N) is 3. The highest BCUT2D eigenvalue weighted by molar-refractivity contribution is 5.49. The molecular weight excluding hydrogens is 236 g/mol. The third-order valence-corrected chi connectivity index (χ3v) is 4.43. The summed E-state index contributed by atoms with van der Waals surface area (Å²) in [4.78, 5) is 9.64. The number of nitrogens with two attached hydrogens (primary N) is 1. The second-order valence-corrected chi connectivity index (χ2v) is 5.84. The van der Waals surface area contributed by atoms with Crippen LogP contribution < -0.4 is 10.6 Å². The molecule has 4 heteroatoms. The van der Waals surface area contributed by atoms with Gasteiger partial charge in [-0.15, -0.1) is 0 Å². The first kappa shape index (κ1) is 12.9. The van der Waals surface area contributed by atoms with Crippen LogP contribution in [-0.4, -0.2) is 42.1 Å². The Labute approximate surface area is 115 Å². The third kappa shape index (κ3) is 2.60. The average Bonchev–Trinajstić information content (AvgIpc) is 3.09. The normalized spacial score (nSPS) is 26.0. The molecule has 0 aromatic carbocycles. The van der Waals surface area contributed by atoms with Gasteiger partial charge in [0.1, 0.15) is 5.82 Å². The first-order chi connectivity index (χ1) is 9.25. The van der Waals surface area contributed by atoms with Crippen molar-refractivity contribution in [2.24, 2.45) is 5.73 Å². The Balaban J connectivity index is 1.73. The molecule has 1 aromatic rings. The Kier molecular flexibility index (Phi) is 3.71. The van der Waals surface area contributed by atoms with E-state index in [-0.39, 0.29) is 6.04 Å². The Morgan fingerprint density at radius 1 is 1.32 bits per heavy atom. The molecule has 0 saturated carbocycles. The molecule has 2 N–H and O–H groups in total. The summed E-state index contributed by atoms with van der Waals surface area (Å²) in [6.07, 6.45) is 5.87. The van der Waals surface area contributed by atoms with E-state index in [2.05, 4.69) is 20.9 Å². The molecule has 19 heavy (non-hydrogen) atoms. The lowest BCUT2D eigenvalue weighted by Crippen LogP contribution is -2.35. The first-order valence-electron chi connectivity index (χ1n) is 7.45. The Bertz CT molecular complexity index is 426. The molecule has 0 amide bonds. The van der Waals surface area contributed by atoms with Gasteiger partial charge in [-0.25, -0.2) is 4.98 Å². The quantitative estimate of drug-likeness (QED) is 0.900. The van der Waals surface area contributed by atoms with Crippen molar-refractivity contribution >= 4 is 5.82 Å². The zero-order valence-corrected chi connectivity index (χ0v) is 11.8. The predicted octanol–water partition coefficient (Wildman–Crippen LogP) is 1.78. The lowest BCUT2D eigenvalue weighted by atomic mass is 10.1. The lowest BCUT2D eigenvalue weighted by Gasteiger charge is -2.25. The van der Waals surface area contributed by atoms with Crippen molar-refractivity contribution in [1.29, 1.82) is 0 Å². The minimum atomic E-state index is 0.0505. The van der Waals surface area contributed by atoms with Crippen LogP contribution in [0.3, 0.4) is 0 Å². The van der Waals surface area contributed by atoms with Crippen LogP contribution in [0.15, 0.2) is 18.3 Å². The minimum absolute atomic E-state index is 0.0505. The van der Waals surface area contributed by atoms with Crippen molar-refractivity contribution < 1.29 is 0 Å². The molecule has 2 unspecified atom stereocenters. The highest BCUT2D eigenvalue weighted by atomic mass is 15.3. The first-order valence-corrected chi connectivity index (χ1v) is 7.45. The molecule has 3 heterocycles. The van der Waals surface area contributed by atoms with E-state index in [9.17, 15) is 0 Å². The van der Waals surface area contributed by atoms with Gasteiger partial charge in [0, 0.05) is 36.9 Å². The van der Waals surface area contributed by atoms with Gasteiger partial charge in [-0.1, -0.05) is 6.07 Å². The van der Waals surface area contributed by atoms with Crippen LogP contribution in [0, 0.1) is 0 Å². The van der Waals surface area contributed by atoms with Gasteiger partial charge in [-0.05, 0) is 45.3 Å². The van der Waals surface area contributed by atoms with Crippen molar-refractivity contribution in [3.63, 3.8) is 0 Å². The number of pyridine rings is 1. The van der Waals surface area contributed by atoms with Crippen molar-refractivity contribution in [1.82, 2.24) is 9.88 Å². The van der Waals surface area contributed by atoms with Gasteiger partial charge in [0.15, 0.2) is 0 Å². The minimum Gasteiger partial charge on any atom is -0.355 e. The fraction of sp³-hybridized carbons (Fsp3) is 0.667. The Morgan fingerprint density at radius 3 is 2.84 bits per heavy atom. The molecule has 3 rings (SSSR count). The largest absolute Gasteiger partial charge is 0.355 e. The summed E-state index contributed by atoms with van der Waals surface area (Å²) in [6.45, 7) is 6.81. The van der Waals surface area contributed by atoms with E-state index in [0.717, 1.165) is 18.9 Å². The molecule has 2 fully saturated rings. The van der Waals surface area contributed by atoms with Crippen molar-refractivity contribution in [3.8, 4) is 0 Å². The molecule has 0 bridgehead atoms. The van der Waals surface area contributed by atoms with Gasteiger partial charge in [0.2, 0.25) is 0 Å². The summed E-state index contributed by atoms with van der Waals surface area (Å²) in [5.74, 6) is 1.10. The smallest absolute Gasteiger partial charge is 0.133 e. The van der Waals surface area contributed by atoms with Gasteiger partial charge >= 0.3 is 0 Å². The van der Waals surface area contributed by atoms with Crippen LogP contribution in [0.1, 0.15) is 37.8 Å². The van der Waals surface area contributed by atoms with Crippen LogP contribution in [0.5, 0.6) is 0 Å². The fourth-order valence-corrected chi connectivity index (χ4v) is 3.37. The third-order valence-electron chi connectivity index (χ3n) is 4.43. The summed E-state index contributed by atoms with van der Waals surface area (Å²) in [5.41, 5.74) is 7.23. The zero-order chi connectivity index (χ0) is 13.2. The van der Waals surface area contributed by atoms with Crippen molar-refractivity contribution in [2.45, 2.75) is 38.3 Å². The summed E-state index contributed by atoms with van der Waals surface area (Å²) in [5, 5.41) is 0. The molecule has 4 nitrogen and oxygen atoms in total. The van der Waals surface area contributed by atoms with Gasteiger partial charge in [-0.2, -0.15) is 0 Å². The SMILES string of the molecule is CC(N)c1cccnc1N1CCC(N2CCCC2)C1. The van der Waals surface area contributed by atoms with Crippen LogP contribution in [0.4, 0.5) is 5.82 Å². The molecule has 2 aliphatic heterocycles. The number of aromatic nitrogens is 1.